The molecule has 1 fully saturated rings. The van der Waals surface area contributed by atoms with Gasteiger partial charge in [0.1, 0.15) is 22.6 Å². The third-order valence-corrected chi connectivity index (χ3v) is 5.19. The van der Waals surface area contributed by atoms with Crippen LogP contribution in [0.15, 0.2) is 6.07 Å². The van der Waals surface area contributed by atoms with Crippen molar-refractivity contribution in [1.82, 2.24) is 10.3 Å². The van der Waals surface area contributed by atoms with E-state index in [1.165, 1.54) is 0 Å². The van der Waals surface area contributed by atoms with Crippen LogP contribution in [0.5, 0.6) is 0 Å². The van der Waals surface area contributed by atoms with E-state index in [1.807, 2.05) is 33.8 Å². The highest BCUT2D eigenvalue weighted by Crippen LogP contribution is 2.51. The van der Waals surface area contributed by atoms with Crippen LogP contribution in [-0.4, -0.2) is 28.8 Å². The van der Waals surface area contributed by atoms with E-state index in [-0.39, 0.29) is 17.2 Å². The molecule has 6 nitrogen and oxygen atoms in total. The maximum atomic E-state index is 12.1. The van der Waals surface area contributed by atoms with Crippen molar-refractivity contribution in [1.29, 1.82) is 5.26 Å². The van der Waals surface area contributed by atoms with Crippen molar-refractivity contribution in [3.05, 3.63) is 22.3 Å². The first-order valence-electron chi connectivity index (χ1n) is 8.56. The topological polar surface area (TPSA) is 87.0 Å². The lowest BCUT2D eigenvalue weighted by Gasteiger charge is -2.49. The predicted molar refractivity (Wildman–Crippen MR) is 95.7 cm³/mol. The van der Waals surface area contributed by atoms with Gasteiger partial charge in [-0.1, -0.05) is 11.6 Å². The van der Waals surface area contributed by atoms with E-state index in [2.05, 4.69) is 21.7 Å². The number of alkyl carbamates (subject to hydrolysis) is 1. The van der Waals surface area contributed by atoms with Crippen LogP contribution in [0.2, 0.25) is 5.15 Å². The molecule has 4 atom stereocenters. The third-order valence-electron chi connectivity index (χ3n) is 4.90. The first kappa shape index (κ1) is 17.8. The van der Waals surface area contributed by atoms with Gasteiger partial charge in [-0.2, -0.15) is 5.26 Å². The van der Waals surface area contributed by atoms with Crippen LogP contribution in [-0.2, 0) is 4.74 Å². The van der Waals surface area contributed by atoms with Gasteiger partial charge in [0, 0.05) is 6.04 Å². The molecule has 0 saturated heterocycles. The fraction of sp³-hybridized carbons (Fsp3) is 0.611. The quantitative estimate of drug-likeness (QED) is 0.781. The molecule has 1 aromatic heterocycles. The number of pyridine rings is 1. The summed E-state index contributed by atoms with van der Waals surface area (Å²) in [5.41, 5.74) is 0.933. The Balaban J connectivity index is 1.78. The Morgan fingerprint density at radius 3 is 2.80 bits per heavy atom. The number of fused-ring (bicyclic) bond motifs is 3. The lowest BCUT2D eigenvalue weighted by Crippen LogP contribution is -2.55. The number of halogens is 1. The van der Waals surface area contributed by atoms with Crippen molar-refractivity contribution in [2.45, 2.75) is 64.1 Å². The van der Waals surface area contributed by atoms with Gasteiger partial charge in [0.25, 0.3) is 0 Å². The molecule has 0 bridgehead atoms. The number of nitrogens with zero attached hydrogens (tertiary/aromatic N) is 2. The average Bonchev–Trinajstić information content (AvgIpc) is 2.44. The molecule has 1 amide bonds. The number of amides is 1. The number of aromatic nitrogens is 1. The van der Waals surface area contributed by atoms with Crippen LogP contribution in [0.4, 0.5) is 10.6 Å². The van der Waals surface area contributed by atoms with Gasteiger partial charge in [-0.15, -0.1) is 0 Å². The summed E-state index contributed by atoms with van der Waals surface area (Å²) in [5, 5.41) is 15.7. The summed E-state index contributed by atoms with van der Waals surface area (Å²) < 4.78 is 5.35. The van der Waals surface area contributed by atoms with Crippen LogP contribution in [0.3, 0.4) is 0 Å². The fourth-order valence-electron chi connectivity index (χ4n) is 3.67. The van der Waals surface area contributed by atoms with E-state index in [0.717, 1.165) is 18.4 Å². The Kier molecular flexibility index (Phi) is 4.54. The third kappa shape index (κ3) is 3.52. The SMILES string of the molecule is C[C@H](NC(=O)OC(C)(C)C)[C@@H]1Nc2nc(Cl)c(C#N)cc2C2CCC21. The Bertz CT molecular complexity index is 738. The second kappa shape index (κ2) is 6.38. The number of nitriles is 1. The summed E-state index contributed by atoms with van der Waals surface area (Å²) in [4.78, 5) is 16.4. The van der Waals surface area contributed by atoms with Crippen molar-refractivity contribution in [3.8, 4) is 6.07 Å². The molecule has 3 rings (SSSR count). The molecule has 2 unspecified atom stereocenters. The molecule has 7 heteroatoms. The molecule has 25 heavy (non-hydrogen) atoms. The second-order valence-corrected chi connectivity index (χ2v) is 8.19. The van der Waals surface area contributed by atoms with Crippen LogP contribution in [0.1, 0.15) is 57.6 Å². The molecule has 134 valence electrons. The molecule has 0 radical (unpaired) electrons. The van der Waals surface area contributed by atoms with E-state index in [0.29, 0.717) is 23.2 Å². The smallest absolute Gasteiger partial charge is 0.407 e. The van der Waals surface area contributed by atoms with Crippen molar-refractivity contribution < 1.29 is 9.53 Å². The van der Waals surface area contributed by atoms with Gasteiger partial charge in [0.05, 0.1) is 11.6 Å². The van der Waals surface area contributed by atoms with Gasteiger partial charge in [-0.3, -0.25) is 0 Å². The summed E-state index contributed by atoms with van der Waals surface area (Å²) >= 11 is 6.08. The van der Waals surface area contributed by atoms with Crippen molar-refractivity contribution >= 4 is 23.5 Å². The molecule has 0 aromatic carbocycles. The highest BCUT2D eigenvalue weighted by molar-refractivity contribution is 6.30. The highest BCUT2D eigenvalue weighted by atomic mass is 35.5. The Morgan fingerprint density at radius 2 is 2.24 bits per heavy atom. The normalized spacial score (nSPS) is 25.4. The molecule has 1 saturated carbocycles. The number of carbonyl (C=O) groups excluding carboxylic acids is 1. The maximum absolute atomic E-state index is 12.1. The summed E-state index contributed by atoms with van der Waals surface area (Å²) in [6.45, 7) is 7.49. The summed E-state index contributed by atoms with van der Waals surface area (Å²) in [6.07, 6.45) is 1.71. The van der Waals surface area contributed by atoms with Crippen molar-refractivity contribution in [2.75, 3.05) is 5.32 Å². The monoisotopic (exact) mass is 362 g/mol. The summed E-state index contributed by atoms with van der Waals surface area (Å²) in [6, 6.07) is 3.87. The first-order chi connectivity index (χ1) is 11.7. The molecule has 1 aromatic rings. The van der Waals surface area contributed by atoms with E-state index < -0.39 is 11.7 Å². The highest BCUT2D eigenvalue weighted by Gasteiger charge is 2.45. The summed E-state index contributed by atoms with van der Waals surface area (Å²) in [5.74, 6) is 1.46. The Morgan fingerprint density at radius 1 is 1.52 bits per heavy atom. The Labute approximate surface area is 152 Å². The zero-order valence-electron chi connectivity index (χ0n) is 14.9. The average molecular weight is 363 g/mol. The molecule has 2 heterocycles. The van der Waals surface area contributed by atoms with Crippen LogP contribution < -0.4 is 10.6 Å². The van der Waals surface area contributed by atoms with E-state index in [9.17, 15) is 4.79 Å². The number of anilines is 1. The van der Waals surface area contributed by atoms with Gasteiger partial charge in [0.2, 0.25) is 0 Å². The van der Waals surface area contributed by atoms with Gasteiger partial charge < -0.3 is 15.4 Å². The minimum Gasteiger partial charge on any atom is -0.444 e. The molecule has 0 spiro atoms. The van der Waals surface area contributed by atoms with E-state index >= 15 is 0 Å². The van der Waals surface area contributed by atoms with Gasteiger partial charge >= 0.3 is 6.09 Å². The molecule has 1 aliphatic carbocycles. The summed E-state index contributed by atoms with van der Waals surface area (Å²) in [7, 11) is 0. The van der Waals surface area contributed by atoms with Crippen molar-refractivity contribution in [2.24, 2.45) is 5.92 Å². The lowest BCUT2D eigenvalue weighted by atomic mass is 9.63. The largest absolute Gasteiger partial charge is 0.444 e. The number of carbonyl (C=O) groups is 1. The zero-order valence-corrected chi connectivity index (χ0v) is 15.6. The standard InChI is InChI=1S/C18H23ClN4O2/c1-9(21-17(24)25-18(2,3)4)14-12-6-5-11(12)13-7-10(8-20)15(19)23-16(13)22-14/h7,9,11-12,14H,5-6H2,1-4H3,(H,21,24)(H,22,23)/t9-,11?,12?,14-/m0/s1. The van der Waals surface area contributed by atoms with Crippen LogP contribution in [0.25, 0.3) is 0 Å². The minimum atomic E-state index is -0.530. The molecule has 2 N–H and O–H groups in total. The number of hydrogen-bond donors (Lipinski definition) is 2. The van der Waals surface area contributed by atoms with Gasteiger partial charge in [0.15, 0.2) is 0 Å². The Hall–Kier alpha value is -2.00. The lowest BCUT2D eigenvalue weighted by molar-refractivity contribution is 0.0486. The second-order valence-electron chi connectivity index (χ2n) is 7.83. The minimum absolute atomic E-state index is 0.0512. The first-order valence-corrected chi connectivity index (χ1v) is 8.94. The number of hydrogen-bond acceptors (Lipinski definition) is 5. The van der Waals surface area contributed by atoms with Gasteiger partial charge in [-0.05, 0) is 64.0 Å². The molecule has 1 aliphatic heterocycles. The maximum Gasteiger partial charge on any atom is 0.407 e. The number of ether oxygens (including phenoxy) is 1. The number of nitrogens with one attached hydrogen (secondary N) is 2. The fourth-order valence-corrected chi connectivity index (χ4v) is 3.85. The van der Waals surface area contributed by atoms with E-state index in [4.69, 9.17) is 21.6 Å². The molecule has 2 aliphatic rings. The predicted octanol–water partition coefficient (Wildman–Crippen LogP) is 3.81. The zero-order chi connectivity index (χ0) is 18.4. The van der Waals surface area contributed by atoms with E-state index in [1.54, 1.807) is 0 Å². The van der Waals surface area contributed by atoms with Crippen molar-refractivity contribution in [3.63, 3.8) is 0 Å². The number of rotatable bonds is 2. The molecular weight excluding hydrogens is 340 g/mol. The van der Waals surface area contributed by atoms with Crippen LogP contribution >= 0.6 is 11.6 Å². The van der Waals surface area contributed by atoms with Crippen LogP contribution in [0, 0.1) is 17.2 Å². The molecular formula is C18H23ClN4O2. The van der Waals surface area contributed by atoms with Gasteiger partial charge in [-0.25, -0.2) is 9.78 Å².